The van der Waals surface area contributed by atoms with Gasteiger partial charge in [0.1, 0.15) is 0 Å². The molecule has 1 aromatic rings. The molecule has 1 heterocycles. The van der Waals surface area contributed by atoms with Crippen molar-refractivity contribution in [3.8, 4) is 0 Å². The molecule has 8 nitrogen and oxygen atoms in total. The molecule has 1 aliphatic rings. The van der Waals surface area contributed by atoms with Crippen LogP contribution < -0.4 is 15.4 Å². The van der Waals surface area contributed by atoms with Crippen molar-refractivity contribution in [1.82, 2.24) is 20.3 Å². The molecule has 1 atom stereocenters. The van der Waals surface area contributed by atoms with Crippen LogP contribution in [0.5, 0.6) is 0 Å². The van der Waals surface area contributed by atoms with Crippen molar-refractivity contribution in [1.29, 1.82) is 0 Å². The van der Waals surface area contributed by atoms with Gasteiger partial charge < -0.3 is 15.4 Å². The van der Waals surface area contributed by atoms with Crippen LogP contribution in [0, 0.1) is 0 Å². The molecule has 0 radical (unpaired) electrons. The Labute approximate surface area is 195 Å². The van der Waals surface area contributed by atoms with Crippen LogP contribution in [0.2, 0.25) is 5.02 Å². The van der Waals surface area contributed by atoms with E-state index in [2.05, 4.69) is 32.2 Å². The number of morpholine rings is 1. The summed E-state index contributed by atoms with van der Waals surface area (Å²) in [5.74, 6) is 0.671. The maximum Gasteiger partial charge on any atom is 0.240 e. The summed E-state index contributed by atoms with van der Waals surface area (Å²) in [5, 5.41) is 6.72. The minimum atomic E-state index is -3.59. The van der Waals surface area contributed by atoms with Gasteiger partial charge in [0.2, 0.25) is 10.0 Å². The zero-order valence-corrected chi connectivity index (χ0v) is 20.8. The third-order valence-corrected chi connectivity index (χ3v) is 6.04. The fraction of sp³-hybridized carbons (Fsp3) is 0.611. The molecule has 166 valence electrons. The van der Waals surface area contributed by atoms with Crippen LogP contribution in [0.25, 0.3) is 0 Å². The number of ether oxygens (including phenoxy) is 1. The number of sulfonamides is 1. The fourth-order valence-electron chi connectivity index (χ4n) is 2.78. The summed E-state index contributed by atoms with van der Waals surface area (Å²) in [6.45, 7) is 9.55. The molecule has 1 fully saturated rings. The summed E-state index contributed by atoms with van der Waals surface area (Å²) in [6.07, 6.45) is 0. The molecular weight excluding hydrogens is 529 g/mol. The van der Waals surface area contributed by atoms with Crippen molar-refractivity contribution in [2.75, 3.05) is 52.5 Å². The summed E-state index contributed by atoms with van der Waals surface area (Å²) in [5.41, 5.74) is 0. The molecule has 0 saturated carbocycles. The molecule has 0 bridgehead atoms. The SMILES string of the molecule is CCNC(=NCC(C)N1CCOCC1)NCCNS(=O)(=O)c1cccc(Cl)c1.I. The monoisotopic (exact) mass is 559 g/mol. The van der Waals surface area contributed by atoms with Crippen LogP contribution in [0.15, 0.2) is 34.2 Å². The molecule has 29 heavy (non-hydrogen) atoms. The average molecular weight is 560 g/mol. The summed E-state index contributed by atoms with van der Waals surface area (Å²) >= 11 is 5.87. The van der Waals surface area contributed by atoms with Gasteiger partial charge in [0.15, 0.2) is 5.96 Å². The van der Waals surface area contributed by atoms with Gasteiger partial charge in [-0.05, 0) is 32.0 Å². The Kier molecular flexibility index (Phi) is 12.4. The Hall–Kier alpha value is -0.660. The van der Waals surface area contributed by atoms with Gasteiger partial charge in [0.05, 0.1) is 24.7 Å². The number of hydrogen-bond donors (Lipinski definition) is 3. The second-order valence-electron chi connectivity index (χ2n) is 6.50. The van der Waals surface area contributed by atoms with Crippen LogP contribution in [0.4, 0.5) is 0 Å². The highest BCUT2D eigenvalue weighted by molar-refractivity contribution is 14.0. The summed E-state index contributed by atoms with van der Waals surface area (Å²) in [7, 11) is -3.59. The molecule has 1 saturated heterocycles. The number of halogens is 2. The number of rotatable bonds is 9. The standard InChI is InChI=1S/C18H30ClN5O3S.HI/c1-3-20-18(22-14-15(2)24-9-11-27-12-10-24)21-7-8-23-28(25,26)17-6-4-5-16(19)13-17;/h4-6,13,15,23H,3,7-12,14H2,1-2H3,(H2,20,21,22);1H. The van der Waals surface area contributed by atoms with Crippen molar-refractivity contribution in [3.63, 3.8) is 0 Å². The quantitative estimate of drug-likeness (QED) is 0.184. The van der Waals surface area contributed by atoms with E-state index in [1.807, 2.05) is 6.92 Å². The molecule has 0 amide bonds. The largest absolute Gasteiger partial charge is 0.379 e. The maximum absolute atomic E-state index is 12.3. The second-order valence-corrected chi connectivity index (χ2v) is 8.70. The van der Waals surface area contributed by atoms with Crippen molar-refractivity contribution in [2.45, 2.75) is 24.8 Å². The number of nitrogens with zero attached hydrogens (tertiary/aromatic N) is 2. The Bertz CT molecular complexity index is 745. The van der Waals surface area contributed by atoms with Gasteiger partial charge in [0.25, 0.3) is 0 Å². The predicted molar refractivity (Wildman–Crippen MR) is 128 cm³/mol. The molecule has 0 aliphatic carbocycles. The van der Waals surface area contributed by atoms with E-state index in [-0.39, 0.29) is 35.4 Å². The molecule has 11 heteroatoms. The molecule has 1 aliphatic heterocycles. The highest BCUT2D eigenvalue weighted by Crippen LogP contribution is 2.14. The summed E-state index contributed by atoms with van der Waals surface area (Å²) in [4.78, 5) is 7.12. The molecule has 1 unspecified atom stereocenters. The molecule has 1 aromatic carbocycles. The van der Waals surface area contributed by atoms with Gasteiger partial charge in [-0.1, -0.05) is 17.7 Å². The normalized spacial score (nSPS) is 16.7. The van der Waals surface area contributed by atoms with Crippen LogP contribution >= 0.6 is 35.6 Å². The van der Waals surface area contributed by atoms with E-state index in [1.54, 1.807) is 12.1 Å². The Balaban J connectivity index is 0.00000420. The Morgan fingerprint density at radius 3 is 2.66 bits per heavy atom. The zero-order valence-electron chi connectivity index (χ0n) is 16.9. The lowest BCUT2D eigenvalue weighted by atomic mass is 10.2. The Morgan fingerprint density at radius 2 is 2.00 bits per heavy atom. The van der Waals surface area contributed by atoms with Crippen LogP contribution in [-0.2, 0) is 14.8 Å². The van der Waals surface area contributed by atoms with E-state index in [0.717, 1.165) is 32.8 Å². The highest BCUT2D eigenvalue weighted by atomic mass is 127. The van der Waals surface area contributed by atoms with Crippen LogP contribution in [0.1, 0.15) is 13.8 Å². The van der Waals surface area contributed by atoms with E-state index in [0.29, 0.717) is 30.1 Å². The fourth-order valence-corrected chi connectivity index (χ4v) is 4.11. The zero-order chi connectivity index (χ0) is 20.4. The first kappa shape index (κ1) is 26.4. The minimum absolute atomic E-state index is 0. The summed E-state index contributed by atoms with van der Waals surface area (Å²) in [6, 6.07) is 6.51. The van der Waals surface area contributed by atoms with Crippen molar-refractivity contribution >= 4 is 51.6 Å². The molecule has 0 aromatic heterocycles. The number of benzene rings is 1. The van der Waals surface area contributed by atoms with E-state index < -0.39 is 10.0 Å². The van der Waals surface area contributed by atoms with Gasteiger partial charge in [-0.2, -0.15) is 0 Å². The molecule has 3 N–H and O–H groups in total. The lowest BCUT2D eigenvalue weighted by Crippen LogP contribution is -2.45. The first-order valence-electron chi connectivity index (χ1n) is 9.51. The van der Waals surface area contributed by atoms with Crippen molar-refractivity contribution in [2.24, 2.45) is 4.99 Å². The maximum atomic E-state index is 12.3. The van der Waals surface area contributed by atoms with Gasteiger partial charge in [-0.15, -0.1) is 24.0 Å². The smallest absolute Gasteiger partial charge is 0.240 e. The minimum Gasteiger partial charge on any atom is -0.379 e. The Morgan fingerprint density at radius 1 is 1.28 bits per heavy atom. The topological polar surface area (TPSA) is 95.1 Å². The predicted octanol–water partition coefficient (Wildman–Crippen LogP) is 1.51. The first-order valence-corrected chi connectivity index (χ1v) is 11.4. The van der Waals surface area contributed by atoms with Crippen LogP contribution in [0.3, 0.4) is 0 Å². The molecular formula is C18H31ClIN5O3S. The third-order valence-electron chi connectivity index (χ3n) is 4.34. The summed E-state index contributed by atoms with van der Waals surface area (Å²) < 4.78 is 32.5. The van der Waals surface area contributed by atoms with Crippen molar-refractivity contribution < 1.29 is 13.2 Å². The van der Waals surface area contributed by atoms with Gasteiger partial charge in [-0.25, -0.2) is 13.1 Å². The third kappa shape index (κ3) is 9.35. The number of aliphatic imine (C=N–C) groups is 1. The first-order chi connectivity index (χ1) is 13.4. The average Bonchev–Trinajstić information content (AvgIpc) is 2.69. The second kappa shape index (κ2) is 13.6. The van der Waals surface area contributed by atoms with Gasteiger partial charge >= 0.3 is 0 Å². The van der Waals surface area contributed by atoms with Crippen LogP contribution in [-0.4, -0.2) is 77.8 Å². The van der Waals surface area contributed by atoms with Gasteiger partial charge in [-0.3, -0.25) is 9.89 Å². The number of guanidine groups is 1. The van der Waals surface area contributed by atoms with Crippen molar-refractivity contribution in [3.05, 3.63) is 29.3 Å². The molecule has 2 rings (SSSR count). The van der Waals surface area contributed by atoms with E-state index in [9.17, 15) is 8.42 Å². The van der Waals surface area contributed by atoms with E-state index >= 15 is 0 Å². The lowest BCUT2D eigenvalue weighted by molar-refractivity contribution is 0.0220. The highest BCUT2D eigenvalue weighted by Gasteiger charge is 2.17. The molecule has 0 spiro atoms. The lowest BCUT2D eigenvalue weighted by Gasteiger charge is -2.31. The number of nitrogens with one attached hydrogen (secondary N) is 3. The van der Waals surface area contributed by atoms with E-state index in [4.69, 9.17) is 16.3 Å². The van der Waals surface area contributed by atoms with E-state index in [1.165, 1.54) is 12.1 Å². The van der Waals surface area contributed by atoms with Gasteiger partial charge in [0, 0.05) is 43.8 Å². The number of hydrogen-bond acceptors (Lipinski definition) is 5.